The molecule has 2 N–H and O–H groups in total. The Kier molecular flexibility index (Phi) is 3.67. The third-order valence-corrected chi connectivity index (χ3v) is 3.87. The molecule has 3 aromatic rings. The highest BCUT2D eigenvalue weighted by Gasteiger charge is 2.15. The molecule has 3 rings (SSSR count). The van der Waals surface area contributed by atoms with Gasteiger partial charge in [0, 0.05) is 16.6 Å². The highest BCUT2D eigenvalue weighted by Crippen LogP contribution is 2.23. The summed E-state index contributed by atoms with van der Waals surface area (Å²) in [5, 5.41) is 3.59. The third kappa shape index (κ3) is 2.60. The summed E-state index contributed by atoms with van der Waals surface area (Å²) in [5.41, 5.74) is 3.92. The van der Waals surface area contributed by atoms with E-state index in [0.717, 1.165) is 28.6 Å². The average Bonchev–Trinajstić information content (AvgIpc) is 2.85. The lowest BCUT2D eigenvalue weighted by molar-refractivity contribution is 0.102. The van der Waals surface area contributed by atoms with Crippen LogP contribution in [0.2, 0.25) is 0 Å². The van der Waals surface area contributed by atoms with Gasteiger partial charge < -0.3 is 10.3 Å². The molecule has 1 heterocycles. The van der Waals surface area contributed by atoms with Gasteiger partial charge in [0.15, 0.2) is 0 Å². The molecule has 2 aromatic carbocycles. The molecule has 22 heavy (non-hydrogen) atoms. The highest BCUT2D eigenvalue weighted by molar-refractivity contribution is 6.07. The van der Waals surface area contributed by atoms with Crippen LogP contribution in [-0.4, -0.2) is 10.9 Å². The van der Waals surface area contributed by atoms with E-state index in [0.29, 0.717) is 5.69 Å². The van der Waals surface area contributed by atoms with E-state index in [4.69, 9.17) is 0 Å². The van der Waals surface area contributed by atoms with Crippen LogP contribution in [0, 0.1) is 12.7 Å². The van der Waals surface area contributed by atoms with Gasteiger partial charge in [-0.2, -0.15) is 0 Å². The lowest BCUT2D eigenvalue weighted by Gasteiger charge is -2.05. The molecule has 0 aliphatic rings. The summed E-state index contributed by atoms with van der Waals surface area (Å²) >= 11 is 0. The average molecular weight is 296 g/mol. The molecule has 0 aliphatic carbocycles. The molecular weight excluding hydrogens is 279 g/mol. The third-order valence-electron chi connectivity index (χ3n) is 3.87. The van der Waals surface area contributed by atoms with Gasteiger partial charge in [0.1, 0.15) is 11.5 Å². The summed E-state index contributed by atoms with van der Waals surface area (Å²) in [6.45, 7) is 3.90. The van der Waals surface area contributed by atoms with Crippen LogP contribution in [0.25, 0.3) is 10.9 Å². The fourth-order valence-corrected chi connectivity index (χ4v) is 2.54. The first-order valence-electron chi connectivity index (χ1n) is 7.26. The second kappa shape index (κ2) is 5.64. The maximum Gasteiger partial charge on any atom is 0.272 e. The van der Waals surface area contributed by atoms with Gasteiger partial charge in [0.25, 0.3) is 5.91 Å². The molecule has 1 aromatic heterocycles. The van der Waals surface area contributed by atoms with Crippen LogP contribution >= 0.6 is 0 Å². The highest BCUT2D eigenvalue weighted by atomic mass is 19.1. The van der Waals surface area contributed by atoms with Crippen LogP contribution in [-0.2, 0) is 6.42 Å². The quantitative estimate of drug-likeness (QED) is 0.738. The van der Waals surface area contributed by atoms with E-state index in [1.807, 2.05) is 31.2 Å². The van der Waals surface area contributed by atoms with Crippen molar-refractivity contribution < 1.29 is 9.18 Å². The topological polar surface area (TPSA) is 44.9 Å². The number of rotatable bonds is 3. The SMILES string of the molecule is CCc1ccc(NC(=O)c2[nH]c3ccc(F)cc3c2C)cc1. The molecule has 0 radical (unpaired) electrons. The molecule has 1 amide bonds. The van der Waals surface area contributed by atoms with Crippen LogP contribution in [0.3, 0.4) is 0 Å². The Balaban J connectivity index is 1.89. The number of aromatic nitrogens is 1. The Hall–Kier alpha value is -2.62. The van der Waals surface area contributed by atoms with Crippen LogP contribution in [0.5, 0.6) is 0 Å². The van der Waals surface area contributed by atoms with Gasteiger partial charge >= 0.3 is 0 Å². The van der Waals surface area contributed by atoms with Gasteiger partial charge in [0.05, 0.1) is 0 Å². The number of fused-ring (bicyclic) bond motifs is 1. The molecule has 0 spiro atoms. The van der Waals surface area contributed by atoms with Crippen molar-refractivity contribution in [2.45, 2.75) is 20.3 Å². The van der Waals surface area contributed by atoms with Crippen LogP contribution in [0.15, 0.2) is 42.5 Å². The lowest BCUT2D eigenvalue weighted by Crippen LogP contribution is -2.13. The minimum Gasteiger partial charge on any atom is -0.350 e. The summed E-state index contributed by atoms with van der Waals surface area (Å²) in [7, 11) is 0. The second-order valence-electron chi connectivity index (χ2n) is 5.32. The molecule has 0 atom stereocenters. The van der Waals surface area contributed by atoms with Crippen LogP contribution in [0.1, 0.15) is 28.5 Å². The minimum absolute atomic E-state index is 0.224. The van der Waals surface area contributed by atoms with Crippen molar-refractivity contribution >= 4 is 22.5 Å². The number of halogens is 1. The Morgan fingerprint density at radius 1 is 1.18 bits per heavy atom. The summed E-state index contributed by atoms with van der Waals surface area (Å²) in [6, 6.07) is 12.2. The number of carbonyl (C=O) groups is 1. The maximum atomic E-state index is 13.3. The Morgan fingerprint density at radius 2 is 1.91 bits per heavy atom. The van der Waals surface area contributed by atoms with Crippen molar-refractivity contribution in [3.05, 3.63) is 65.1 Å². The van der Waals surface area contributed by atoms with Gasteiger partial charge in [-0.15, -0.1) is 0 Å². The van der Waals surface area contributed by atoms with Gasteiger partial charge in [-0.3, -0.25) is 4.79 Å². The Morgan fingerprint density at radius 3 is 2.59 bits per heavy atom. The van der Waals surface area contributed by atoms with E-state index >= 15 is 0 Å². The van der Waals surface area contributed by atoms with Crippen molar-refractivity contribution in [3.63, 3.8) is 0 Å². The number of H-pyrrole nitrogens is 1. The summed E-state index contributed by atoms with van der Waals surface area (Å²) < 4.78 is 13.3. The monoisotopic (exact) mass is 296 g/mol. The van der Waals surface area contributed by atoms with Crippen molar-refractivity contribution in [2.75, 3.05) is 5.32 Å². The standard InChI is InChI=1S/C18H17FN2O/c1-3-12-4-7-14(8-5-12)20-18(22)17-11(2)15-10-13(19)6-9-16(15)21-17/h4-10,21H,3H2,1-2H3,(H,20,22). The molecule has 112 valence electrons. The Bertz CT molecular complexity index is 834. The number of carbonyl (C=O) groups excluding carboxylic acids is 1. The van der Waals surface area contributed by atoms with E-state index < -0.39 is 0 Å². The van der Waals surface area contributed by atoms with Crippen LogP contribution < -0.4 is 5.32 Å². The summed E-state index contributed by atoms with van der Waals surface area (Å²) in [5.74, 6) is -0.532. The largest absolute Gasteiger partial charge is 0.350 e. The first-order chi connectivity index (χ1) is 10.6. The molecule has 0 saturated carbocycles. The number of aryl methyl sites for hydroxylation is 2. The zero-order valence-electron chi connectivity index (χ0n) is 12.5. The van der Waals surface area contributed by atoms with E-state index in [-0.39, 0.29) is 11.7 Å². The first-order valence-corrected chi connectivity index (χ1v) is 7.26. The van der Waals surface area contributed by atoms with Gasteiger partial charge in [0.2, 0.25) is 0 Å². The summed E-state index contributed by atoms with van der Waals surface area (Å²) in [6.07, 6.45) is 0.959. The molecule has 0 bridgehead atoms. The molecule has 0 aliphatic heterocycles. The normalized spacial score (nSPS) is 10.9. The fourth-order valence-electron chi connectivity index (χ4n) is 2.54. The van der Waals surface area contributed by atoms with E-state index in [9.17, 15) is 9.18 Å². The lowest BCUT2D eigenvalue weighted by atomic mass is 10.1. The molecule has 3 nitrogen and oxygen atoms in total. The molecule has 4 heteroatoms. The smallest absolute Gasteiger partial charge is 0.272 e. The van der Waals surface area contributed by atoms with Crippen molar-refractivity contribution in [3.8, 4) is 0 Å². The maximum absolute atomic E-state index is 13.3. The zero-order valence-corrected chi connectivity index (χ0v) is 12.5. The zero-order chi connectivity index (χ0) is 15.7. The van der Waals surface area contributed by atoms with E-state index in [1.165, 1.54) is 17.7 Å². The predicted octanol–water partition coefficient (Wildman–Crippen LogP) is 4.43. The minimum atomic E-state index is -0.309. The number of anilines is 1. The van der Waals surface area contributed by atoms with Crippen LogP contribution in [0.4, 0.5) is 10.1 Å². The molecule has 0 fully saturated rings. The van der Waals surface area contributed by atoms with E-state index in [2.05, 4.69) is 17.2 Å². The van der Waals surface area contributed by atoms with Gasteiger partial charge in [-0.1, -0.05) is 19.1 Å². The second-order valence-corrected chi connectivity index (χ2v) is 5.32. The molecule has 0 saturated heterocycles. The number of nitrogens with one attached hydrogen (secondary N) is 2. The predicted molar refractivity (Wildman–Crippen MR) is 86.8 cm³/mol. The number of amides is 1. The van der Waals surface area contributed by atoms with Gasteiger partial charge in [-0.05, 0) is 54.8 Å². The Labute approximate surface area is 128 Å². The molecular formula is C18H17FN2O. The number of benzene rings is 2. The molecule has 0 unspecified atom stereocenters. The number of aromatic amines is 1. The van der Waals surface area contributed by atoms with E-state index in [1.54, 1.807) is 6.07 Å². The first kappa shape index (κ1) is 14.3. The number of hydrogen-bond donors (Lipinski definition) is 2. The fraction of sp³-hybridized carbons (Fsp3) is 0.167. The summed E-state index contributed by atoms with van der Waals surface area (Å²) in [4.78, 5) is 15.5. The van der Waals surface area contributed by atoms with Crippen molar-refractivity contribution in [2.24, 2.45) is 0 Å². The van der Waals surface area contributed by atoms with Crippen molar-refractivity contribution in [1.29, 1.82) is 0 Å². The number of hydrogen-bond acceptors (Lipinski definition) is 1. The van der Waals surface area contributed by atoms with Crippen molar-refractivity contribution in [1.82, 2.24) is 4.98 Å². The van der Waals surface area contributed by atoms with Gasteiger partial charge in [-0.25, -0.2) is 4.39 Å².